The molecule has 2 heterocycles. The van der Waals surface area contributed by atoms with Gasteiger partial charge in [-0.15, -0.1) is 0 Å². The molecule has 25 heavy (non-hydrogen) atoms. The molecule has 1 aliphatic rings. The Hall–Kier alpha value is -2.37. The number of imidazole rings is 1. The summed E-state index contributed by atoms with van der Waals surface area (Å²) in [4.78, 5) is 31.1. The molecule has 1 N–H and O–H groups in total. The van der Waals surface area contributed by atoms with E-state index in [2.05, 4.69) is 24.1 Å². The number of aryl methyl sites for hydroxylation is 1. The number of para-hydroxylation sites is 2. The van der Waals surface area contributed by atoms with Crippen LogP contribution in [0.2, 0.25) is 0 Å². The van der Waals surface area contributed by atoms with Crippen LogP contribution in [0.25, 0.3) is 11.0 Å². The lowest BCUT2D eigenvalue weighted by atomic mass is 10.1. The molecule has 0 aliphatic carbocycles. The number of nitrogens with zero attached hydrogens (tertiary/aromatic N) is 3. The van der Waals surface area contributed by atoms with Crippen molar-refractivity contribution in [2.75, 3.05) is 13.1 Å². The van der Waals surface area contributed by atoms with Crippen molar-refractivity contribution in [3.63, 3.8) is 0 Å². The van der Waals surface area contributed by atoms with Gasteiger partial charge >= 0.3 is 0 Å². The zero-order valence-corrected chi connectivity index (χ0v) is 15.3. The van der Waals surface area contributed by atoms with Crippen LogP contribution in [0.1, 0.15) is 39.1 Å². The van der Waals surface area contributed by atoms with Crippen LogP contribution >= 0.6 is 0 Å². The van der Waals surface area contributed by atoms with Crippen molar-refractivity contribution in [1.29, 1.82) is 0 Å². The third-order valence-electron chi connectivity index (χ3n) is 4.74. The van der Waals surface area contributed by atoms with Gasteiger partial charge < -0.3 is 14.8 Å². The van der Waals surface area contributed by atoms with Crippen LogP contribution < -0.4 is 5.32 Å². The highest BCUT2D eigenvalue weighted by Crippen LogP contribution is 2.22. The van der Waals surface area contributed by atoms with Crippen molar-refractivity contribution in [2.24, 2.45) is 18.9 Å². The van der Waals surface area contributed by atoms with E-state index < -0.39 is 0 Å². The Kier molecular flexibility index (Phi) is 4.79. The third-order valence-corrected chi connectivity index (χ3v) is 4.74. The van der Waals surface area contributed by atoms with Crippen LogP contribution in [0.4, 0.5) is 0 Å². The fraction of sp³-hybridized carbons (Fsp3) is 0.526. The molecule has 1 fully saturated rings. The van der Waals surface area contributed by atoms with Crippen molar-refractivity contribution < 1.29 is 9.59 Å². The summed E-state index contributed by atoms with van der Waals surface area (Å²) in [6.45, 7) is 7.31. The van der Waals surface area contributed by atoms with Crippen molar-refractivity contribution in [2.45, 2.75) is 33.2 Å². The second kappa shape index (κ2) is 6.86. The molecule has 6 heteroatoms. The summed E-state index contributed by atoms with van der Waals surface area (Å²) in [6.07, 6.45) is 0.299. The minimum atomic E-state index is -0.275. The summed E-state index contributed by atoms with van der Waals surface area (Å²) >= 11 is 0. The number of benzene rings is 1. The van der Waals surface area contributed by atoms with Gasteiger partial charge in [0.1, 0.15) is 5.82 Å². The molecular weight excluding hydrogens is 316 g/mol. The van der Waals surface area contributed by atoms with Crippen LogP contribution in [0.3, 0.4) is 0 Å². The average molecular weight is 342 g/mol. The van der Waals surface area contributed by atoms with E-state index in [9.17, 15) is 9.59 Å². The number of fused-ring (bicyclic) bond motifs is 1. The van der Waals surface area contributed by atoms with Gasteiger partial charge in [-0.2, -0.15) is 0 Å². The van der Waals surface area contributed by atoms with E-state index in [-0.39, 0.29) is 23.8 Å². The van der Waals surface area contributed by atoms with Crippen molar-refractivity contribution in [1.82, 2.24) is 19.8 Å². The first-order valence-electron chi connectivity index (χ1n) is 8.86. The van der Waals surface area contributed by atoms with E-state index in [1.807, 2.05) is 42.8 Å². The Morgan fingerprint density at radius 2 is 2.04 bits per heavy atom. The smallest absolute Gasteiger partial charge is 0.226 e. The van der Waals surface area contributed by atoms with E-state index in [0.29, 0.717) is 25.4 Å². The summed E-state index contributed by atoms with van der Waals surface area (Å²) in [6, 6.07) is 7.70. The maximum Gasteiger partial charge on any atom is 0.226 e. The topological polar surface area (TPSA) is 67.2 Å². The van der Waals surface area contributed by atoms with Gasteiger partial charge in [0, 0.05) is 26.6 Å². The van der Waals surface area contributed by atoms with Crippen LogP contribution in [0.5, 0.6) is 0 Å². The molecule has 0 unspecified atom stereocenters. The number of likely N-dealkylation sites (tertiary alicyclic amines) is 1. The first-order valence-corrected chi connectivity index (χ1v) is 8.86. The number of rotatable bonds is 5. The minimum absolute atomic E-state index is 0.0702. The number of aromatic nitrogens is 2. The Morgan fingerprint density at radius 1 is 1.32 bits per heavy atom. The number of amides is 2. The predicted molar refractivity (Wildman–Crippen MR) is 96.8 cm³/mol. The lowest BCUT2D eigenvalue weighted by Crippen LogP contribution is -2.36. The molecule has 1 aliphatic heterocycles. The molecule has 3 rings (SSSR count). The zero-order chi connectivity index (χ0) is 18.1. The maximum atomic E-state index is 12.6. The number of carbonyl (C=O) groups excluding carboxylic acids is 2. The Labute approximate surface area is 148 Å². The molecule has 1 aromatic carbocycles. The van der Waals surface area contributed by atoms with Gasteiger partial charge in [-0.3, -0.25) is 9.59 Å². The standard InChI is InChI=1S/C19H26N4O2/c1-12(2)10-23-11-14(9-17(23)24)19(25)20-13(3)18-21-15-7-5-6-8-16(15)22(18)4/h5-8,12-14H,9-11H2,1-4H3,(H,20,25)/t13-,14+/m1/s1. The van der Waals surface area contributed by atoms with E-state index in [1.54, 1.807) is 4.90 Å². The van der Waals surface area contributed by atoms with Crippen molar-refractivity contribution in [3.05, 3.63) is 30.1 Å². The van der Waals surface area contributed by atoms with Gasteiger partial charge in [-0.25, -0.2) is 4.98 Å². The summed E-state index contributed by atoms with van der Waals surface area (Å²) in [7, 11) is 1.96. The van der Waals surface area contributed by atoms with Gasteiger partial charge in [0.05, 0.1) is 23.0 Å². The number of hydrogen-bond donors (Lipinski definition) is 1. The summed E-state index contributed by atoms with van der Waals surface area (Å²) in [5.41, 5.74) is 1.96. The van der Waals surface area contributed by atoms with Gasteiger partial charge in [-0.05, 0) is 25.0 Å². The van der Waals surface area contributed by atoms with E-state index >= 15 is 0 Å². The molecule has 6 nitrogen and oxygen atoms in total. The largest absolute Gasteiger partial charge is 0.346 e. The Bertz CT molecular complexity index is 796. The highest BCUT2D eigenvalue weighted by molar-refractivity contribution is 5.89. The molecule has 1 saturated heterocycles. The fourth-order valence-electron chi connectivity index (χ4n) is 3.51. The number of hydrogen-bond acceptors (Lipinski definition) is 3. The highest BCUT2D eigenvalue weighted by Gasteiger charge is 2.35. The van der Waals surface area contributed by atoms with Crippen molar-refractivity contribution >= 4 is 22.8 Å². The minimum Gasteiger partial charge on any atom is -0.346 e. The Balaban J connectivity index is 1.68. The summed E-state index contributed by atoms with van der Waals surface area (Å²) in [5, 5.41) is 3.03. The first kappa shape index (κ1) is 17.5. The molecule has 134 valence electrons. The molecule has 0 saturated carbocycles. The van der Waals surface area contributed by atoms with Gasteiger partial charge in [0.15, 0.2) is 0 Å². The van der Waals surface area contributed by atoms with E-state index in [4.69, 9.17) is 0 Å². The Morgan fingerprint density at radius 3 is 2.72 bits per heavy atom. The lowest BCUT2D eigenvalue weighted by molar-refractivity contribution is -0.129. The number of carbonyl (C=O) groups is 2. The quantitative estimate of drug-likeness (QED) is 0.906. The fourth-order valence-corrected chi connectivity index (χ4v) is 3.51. The lowest BCUT2D eigenvalue weighted by Gasteiger charge is -2.19. The van der Waals surface area contributed by atoms with E-state index in [1.165, 1.54) is 0 Å². The van der Waals surface area contributed by atoms with Gasteiger partial charge in [0.2, 0.25) is 11.8 Å². The van der Waals surface area contributed by atoms with Crippen LogP contribution in [-0.4, -0.2) is 39.4 Å². The number of nitrogens with one attached hydrogen (secondary N) is 1. The average Bonchev–Trinajstić information content (AvgIpc) is 3.08. The monoisotopic (exact) mass is 342 g/mol. The molecule has 0 bridgehead atoms. The SMILES string of the molecule is CC(C)CN1C[C@@H](C(=O)N[C@H](C)c2nc3ccccc3n2C)CC1=O. The molecular formula is C19H26N4O2. The molecule has 2 aromatic rings. The van der Waals surface area contributed by atoms with Gasteiger partial charge in [-0.1, -0.05) is 26.0 Å². The highest BCUT2D eigenvalue weighted by atomic mass is 16.2. The normalized spacial score (nSPS) is 19.0. The van der Waals surface area contributed by atoms with Crippen molar-refractivity contribution in [3.8, 4) is 0 Å². The molecule has 2 atom stereocenters. The van der Waals surface area contributed by atoms with E-state index in [0.717, 1.165) is 16.9 Å². The maximum absolute atomic E-state index is 12.6. The van der Waals surface area contributed by atoms with Crippen LogP contribution in [0, 0.1) is 11.8 Å². The molecule has 1 aromatic heterocycles. The van der Waals surface area contributed by atoms with Gasteiger partial charge in [0.25, 0.3) is 0 Å². The second-order valence-electron chi connectivity index (χ2n) is 7.34. The molecule has 2 amide bonds. The zero-order valence-electron chi connectivity index (χ0n) is 15.3. The molecule has 0 spiro atoms. The first-order chi connectivity index (χ1) is 11.9. The third kappa shape index (κ3) is 3.52. The summed E-state index contributed by atoms with van der Waals surface area (Å²) < 4.78 is 2.01. The molecule has 0 radical (unpaired) electrons. The van der Waals surface area contributed by atoms with Crippen LogP contribution in [0.15, 0.2) is 24.3 Å². The van der Waals surface area contributed by atoms with Crippen LogP contribution in [-0.2, 0) is 16.6 Å². The summed E-state index contributed by atoms with van der Waals surface area (Å²) in [5.74, 6) is 0.953. The predicted octanol–water partition coefficient (Wildman–Crippen LogP) is 2.25. The second-order valence-corrected chi connectivity index (χ2v) is 7.34.